The molecule has 0 aliphatic carbocycles. The maximum absolute atomic E-state index is 12.4. The van der Waals surface area contributed by atoms with Gasteiger partial charge in [-0.05, 0) is 55.0 Å². The van der Waals surface area contributed by atoms with Crippen LogP contribution >= 0.6 is 15.9 Å². The summed E-state index contributed by atoms with van der Waals surface area (Å²) in [5.41, 5.74) is 3.03. The van der Waals surface area contributed by atoms with Crippen molar-refractivity contribution in [3.05, 3.63) is 63.6 Å². The Kier molecular flexibility index (Phi) is 4.35. The van der Waals surface area contributed by atoms with E-state index in [0.717, 1.165) is 22.1 Å². The second-order valence-electron chi connectivity index (χ2n) is 4.61. The van der Waals surface area contributed by atoms with Gasteiger partial charge < -0.3 is 4.90 Å². The lowest BCUT2D eigenvalue weighted by molar-refractivity contribution is -0.107. The molecule has 0 aliphatic rings. The SMILES string of the molecule is Cc1cc(Br)cc(C(=O)c2ccc(N(C)C=O)cc2)c1. The van der Waals surface area contributed by atoms with Crippen LogP contribution in [0.1, 0.15) is 21.5 Å². The van der Waals surface area contributed by atoms with E-state index in [9.17, 15) is 9.59 Å². The average Bonchev–Trinajstić information content (AvgIpc) is 2.45. The summed E-state index contributed by atoms with van der Waals surface area (Å²) in [6.07, 6.45) is 0.731. The van der Waals surface area contributed by atoms with Crippen molar-refractivity contribution in [2.75, 3.05) is 11.9 Å². The van der Waals surface area contributed by atoms with Crippen LogP contribution in [0.3, 0.4) is 0 Å². The molecule has 20 heavy (non-hydrogen) atoms. The Labute approximate surface area is 126 Å². The minimum Gasteiger partial charge on any atom is -0.318 e. The molecule has 0 unspecified atom stereocenters. The zero-order valence-electron chi connectivity index (χ0n) is 11.3. The molecular formula is C16H14BrNO2. The number of carbonyl (C=O) groups is 2. The number of aryl methyl sites for hydroxylation is 1. The average molecular weight is 332 g/mol. The third kappa shape index (κ3) is 3.14. The molecule has 0 saturated heterocycles. The third-order valence-corrected chi connectivity index (χ3v) is 3.46. The Bertz CT molecular complexity index is 630. The number of hydrogen-bond acceptors (Lipinski definition) is 2. The normalized spacial score (nSPS) is 10.2. The Morgan fingerprint density at radius 2 is 1.75 bits per heavy atom. The summed E-state index contributed by atoms with van der Waals surface area (Å²) in [5, 5.41) is 0. The number of benzene rings is 2. The standard InChI is InChI=1S/C16H14BrNO2/c1-11-7-13(9-14(17)8-11)16(20)12-3-5-15(6-4-12)18(2)10-19/h3-10H,1-2H3. The van der Waals surface area contributed by atoms with Gasteiger partial charge in [-0.3, -0.25) is 9.59 Å². The van der Waals surface area contributed by atoms with Crippen LogP contribution in [-0.2, 0) is 4.79 Å². The van der Waals surface area contributed by atoms with E-state index in [2.05, 4.69) is 15.9 Å². The number of carbonyl (C=O) groups excluding carboxylic acids is 2. The molecule has 4 heteroatoms. The highest BCUT2D eigenvalue weighted by atomic mass is 79.9. The first kappa shape index (κ1) is 14.5. The van der Waals surface area contributed by atoms with Crippen LogP contribution in [0.2, 0.25) is 0 Å². The summed E-state index contributed by atoms with van der Waals surface area (Å²) in [5.74, 6) is -0.0327. The Hall–Kier alpha value is -1.94. The molecule has 0 heterocycles. The van der Waals surface area contributed by atoms with Gasteiger partial charge in [0.1, 0.15) is 0 Å². The van der Waals surface area contributed by atoms with E-state index in [4.69, 9.17) is 0 Å². The molecule has 3 nitrogen and oxygen atoms in total. The minimum atomic E-state index is -0.0327. The molecule has 0 bridgehead atoms. The first-order valence-corrected chi connectivity index (χ1v) is 6.90. The van der Waals surface area contributed by atoms with Crippen molar-refractivity contribution in [3.8, 4) is 0 Å². The Morgan fingerprint density at radius 3 is 2.30 bits per heavy atom. The van der Waals surface area contributed by atoms with Crippen LogP contribution < -0.4 is 4.90 Å². The maximum Gasteiger partial charge on any atom is 0.213 e. The van der Waals surface area contributed by atoms with Crippen molar-refractivity contribution in [1.82, 2.24) is 0 Å². The molecular weight excluding hydrogens is 318 g/mol. The lowest BCUT2D eigenvalue weighted by Crippen LogP contribution is -2.13. The number of amides is 1. The van der Waals surface area contributed by atoms with Crippen molar-refractivity contribution >= 4 is 33.8 Å². The minimum absolute atomic E-state index is 0.0327. The highest BCUT2D eigenvalue weighted by Gasteiger charge is 2.10. The first-order valence-electron chi connectivity index (χ1n) is 6.11. The zero-order valence-corrected chi connectivity index (χ0v) is 12.8. The second-order valence-corrected chi connectivity index (χ2v) is 5.53. The molecule has 0 atom stereocenters. The molecule has 0 radical (unpaired) electrons. The molecule has 0 aromatic heterocycles. The maximum atomic E-state index is 12.4. The van der Waals surface area contributed by atoms with Crippen LogP contribution in [0, 0.1) is 6.92 Å². The van der Waals surface area contributed by atoms with E-state index in [-0.39, 0.29) is 5.78 Å². The molecule has 0 N–H and O–H groups in total. The number of nitrogens with zero attached hydrogens (tertiary/aromatic N) is 1. The van der Waals surface area contributed by atoms with Crippen LogP contribution in [0.25, 0.3) is 0 Å². The summed E-state index contributed by atoms with van der Waals surface area (Å²) in [6, 6.07) is 12.6. The molecule has 102 valence electrons. The predicted octanol–water partition coefficient (Wildman–Crippen LogP) is 3.58. The molecule has 2 aromatic rings. The van der Waals surface area contributed by atoms with Gasteiger partial charge in [0, 0.05) is 28.3 Å². The van der Waals surface area contributed by atoms with E-state index in [1.54, 1.807) is 37.4 Å². The summed E-state index contributed by atoms with van der Waals surface area (Å²) in [7, 11) is 1.67. The molecule has 0 fully saturated rings. The van der Waals surface area contributed by atoms with Gasteiger partial charge in [0.15, 0.2) is 5.78 Å². The number of rotatable bonds is 4. The van der Waals surface area contributed by atoms with E-state index in [1.807, 2.05) is 19.1 Å². The fourth-order valence-corrected chi connectivity index (χ4v) is 2.55. The number of ketones is 1. The first-order chi connectivity index (χ1) is 9.51. The third-order valence-electron chi connectivity index (χ3n) is 3.00. The van der Waals surface area contributed by atoms with Gasteiger partial charge >= 0.3 is 0 Å². The predicted molar refractivity (Wildman–Crippen MR) is 83.2 cm³/mol. The highest BCUT2D eigenvalue weighted by molar-refractivity contribution is 9.10. The lowest BCUT2D eigenvalue weighted by Gasteiger charge is -2.11. The number of halogens is 1. The number of hydrogen-bond donors (Lipinski definition) is 0. The molecule has 0 aliphatic heterocycles. The van der Waals surface area contributed by atoms with E-state index in [0.29, 0.717) is 11.1 Å². The highest BCUT2D eigenvalue weighted by Crippen LogP contribution is 2.20. The Morgan fingerprint density at radius 1 is 1.10 bits per heavy atom. The second kappa shape index (κ2) is 6.01. The molecule has 1 amide bonds. The van der Waals surface area contributed by atoms with Gasteiger partial charge in [-0.25, -0.2) is 0 Å². The van der Waals surface area contributed by atoms with Crippen LogP contribution in [0.4, 0.5) is 5.69 Å². The van der Waals surface area contributed by atoms with Gasteiger partial charge in [0.25, 0.3) is 0 Å². The lowest BCUT2D eigenvalue weighted by atomic mass is 10.0. The molecule has 2 aromatic carbocycles. The van der Waals surface area contributed by atoms with E-state index < -0.39 is 0 Å². The largest absolute Gasteiger partial charge is 0.318 e. The van der Waals surface area contributed by atoms with Crippen LogP contribution in [-0.4, -0.2) is 19.2 Å². The summed E-state index contributed by atoms with van der Waals surface area (Å²) < 4.78 is 0.887. The van der Waals surface area contributed by atoms with Crippen LogP contribution in [0.5, 0.6) is 0 Å². The summed E-state index contributed by atoms with van der Waals surface area (Å²) >= 11 is 3.40. The smallest absolute Gasteiger partial charge is 0.213 e. The fourth-order valence-electron chi connectivity index (χ4n) is 1.94. The summed E-state index contributed by atoms with van der Waals surface area (Å²) in [6.45, 7) is 1.95. The van der Waals surface area contributed by atoms with Gasteiger partial charge in [-0.2, -0.15) is 0 Å². The van der Waals surface area contributed by atoms with Crippen LogP contribution in [0.15, 0.2) is 46.9 Å². The molecule has 2 rings (SSSR count). The van der Waals surface area contributed by atoms with Crippen molar-refractivity contribution < 1.29 is 9.59 Å². The quantitative estimate of drug-likeness (QED) is 0.634. The topological polar surface area (TPSA) is 37.4 Å². The zero-order chi connectivity index (χ0) is 14.7. The van der Waals surface area contributed by atoms with E-state index >= 15 is 0 Å². The van der Waals surface area contributed by atoms with Gasteiger partial charge in [0.05, 0.1) is 0 Å². The van der Waals surface area contributed by atoms with Crippen molar-refractivity contribution in [2.24, 2.45) is 0 Å². The van der Waals surface area contributed by atoms with Gasteiger partial charge in [-0.15, -0.1) is 0 Å². The van der Waals surface area contributed by atoms with Gasteiger partial charge in [-0.1, -0.05) is 15.9 Å². The van der Waals surface area contributed by atoms with Crippen molar-refractivity contribution in [3.63, 3.8) is 0 Å². The molecule has 0 spiro atoms. The van der Waals surface area contributed by atoms with Gasteiger partial charge in [0.2, 0.25) is 6.41 Å². The van der Waals surface area contributed by atoms with Crippen molar-refractivity contribution in [1.29, 1.82) is 0 Å². The fraction of sp³-hybridized carbons (Fsp3) is 0.125. The molecule has 0 saturated carbocycles. The monoisotopic (exact) mass is 331 g/mol. The Balaban J connectivity index is 2.31. The van der Waals surface area contributed by atoms with E-state index in [1.165, 1.54) is 4.90 Å². The number of anilines is 1. The van der Waals surface area contributed by atoms with Crippen molar-refractivity contribution in [2.45, 2.75) is 6.92 Å². The summed E-state index contributed by atoms with van der Waals surface area (Å²) in [4.78, 5) is 24.5.